The number of benzene rings is 2. The van der Waals surface area contributed by atoms with Gasteiger partial charge in [0.25, 0.3) is 5.91 Å². The molecule has 160 valence electrons. The number of amides is 1. The van der Waals surface area contributed by atoms with Crippen LogP contribution in [0, 0.1) is 5.82 Å². The number of nitrogens with one attached hydrogen (secondary N) is 1. The zero-order valence-electron chi connectivity index (χ0n) is 17.0. The summed E-state index contributed by atoms with van der Waals surface area (Å²) < 4.78 is 25.5. The van der Waals surface area contributed by atoms with E-state index in [4.69, 9.17) is 9.47 Å². The molecule has 1 saturated heterocycles. The molecule has 1 fully saturated rings. The Morgan fingerprint density at radius 1 is 1.10 bits per heavy atom. The number of para-hydroxylation sites is 1. The number of ether oxygens (including phenoxy) is 2. The van der Waals surface area contributed by atoms with Gasteiger partial charge < -0.3 is 19.7 Å². The zero-order valence-corrected chi connectivity index (χ0v) is 17.0. The predicted octanol–water partition coefficient (Wildman–Crippen LogP) is 2.93. The molecule has 1 aromatic heterocycles. The lowest BCUT2D eigenvalue weighted by molar-refractivity contribution is 0.0947. The van der Waals surface area contributed by atoms with Gasteiger partial charge in [0.05, 0.1) is 31.0 Å². The zero-order chi connectivity index (χ0) is 21.5. The van der Waals surface area contributed by atoms with Crippen molar-refractivity contribution in [3.05, 3.63) is 72.2 Å². The molecule has 0 aliphatic carbocycles. The molecule has 4 rings (SSSR count). The molecule has 2 aromatic carbocycles. The summed E-state index contributed by atoms with van der Waals surface area (Å²) in [5.74, 6) is 0.339. The summed E-state index contributed by atoms with van der Waals surface area (Å²) in [5.41, 5.74) is 0.725. The molecule has 0 atom stereocenters. The van der Waals surface area contributed by atoms with Crippen molar-refractivity contribution < 1.29 is 18.7 Å². The van der Waals surface area contributed by atoms with Crippen molar-refractivity contribution in [1.29, 1.82) is 0 Å². The first-order valence-corrected chi connectivity index (χ1v) is 10.1. The van der Waals surface area contributed by atoms with Gasteiger partial charge in [0, 0.05) is 24.8 Å². The van der Waals surface area contributed by atoms with Crippen molar-refractivity contribution in [1.82, 2.24) is 15.3 Å². The van der Waals surface area contributed by atoms with Gasteiger partial charge in [-0.2, -0.15) is 0 Å². The van der Waals surface area contributed by atoms with Gasteiger partial charge in [0.2, 0.25) is 5.95 Å². The van der Waals surface area contributed by atoms with Crippen molar-refractivity contribution >= 4 is 11.9 Å². The smallest absolute Gasteiger partial charge is 0.255 e. The van der Waals surface area contributed by atoms with Crippen LogP contribution in [0.5, 0.6) is 5.75 Å². The van der Waals surface area contributed by atoms with E-state index in [2.05, 4.69) is 15.3 Å². The lowest BCUT2D eigenvalue weighted by atomic mass is 10.1. The van der Waals surface area contributed by atoms with Gasteiger partial charge in [-0.3, -0.25) is 4.79 Å². The fourth-order valence-electron chi connectivity index (χ4n) is 3.26. The van der Waals surface area contributed by atoms with Crippen molar-refractivity contribution in [2.45, 2.75) is 0 Å². The number of aromatic nitrogens is 2. The van der Waals surface area contributed by atoms with Crippen molar-refractivity contribution in [3.63, 3.8) is 0 Å². The minimum atomic E-state index is -0.449. The van der Waals surface area contributed by atoms with E-state index in [0.717, 1.165) is 5.75 Å². The van der Waals surface area contributed by atoms with E-state index in [1.165, 1.54) is 12.3 Å². The Kier molecular flexibility index (Phi) is 6.68. The molecule has 1 aliphatic heterocycles. The van der Waals surface area contributed by atoms with Crippen LogP contribution in [-0.4, -0.2) is 55.3 Å². The van der Waals surface area contributed by atoms with E-state index in [0.29, 0.717) is 38.9 Å². The maximum Gasteiger partial charge on any atom is 0.255 e. The topological polar surface area (TPSA) is 76.6 Å². The second-order valence-corrected chi connectivity index (χ2v) is 6.93. The fourth-order valence-corrected chi connectivity index (χ4v) is 3.26. The monoisotopic (exact) mass is 422 g/mol. The van der Waals surface area contributed by atoms with E-state index in [9.17, 15) is 9.18 Å². The summed E-state index contributed by atoms with van der Waals surface area (Å²) >= 11 is 0. The molecule has 1 aliphatic rings. The summed E-state index contributed by atoms with van der Waals surface area (Å²) in [6, 6.07) is 15.6. The molecule has 31 heavy (non-hydrogen) atoms. The molecule has 0 radical (unpaired) electrons. The van der Waals surface area contributed by atoms with Crippen molar-refractivity contribution in [2.75, 3.05) is 44.4 Å². The summed E-state index contributed by atoms with van der Waals surface area (Å²) in [5, 5.41) is 2.80. The summed E-state index contributed by atoms with van der Waals surface area (Å²) in [4.78, 5) is 23.7. The van der Waals surface area contributed by atoms with Crippen LogP contribution in [0.25, 0.3) is 11.3 Å². The Labute approximate surface area is 179 Å². The van der Waals surface area contributed by atoms with Crippen LogP contribution in [0.15, 0.2) is 60.8 Å². The third kappa shape index (κ3) is 5.16. The summed E-state index contributed by atoms with van der Waals surface area (Å²) in [6.07, 6.45) is 1.45. The minimum absolute atomic E-state index is 0.210. The number of morpholine rings is 1. The normalized spacial score (nSPS) is 13.6. The number of halogens is 1. The second kappa shape index (κ2) is 9.99. The largest absolute Gasteiger partial charge is 0.492 e. The maximum atomic E-state index is 14.5. The van der Waals surface area contributed by atoms with Crippen LogP contribution in [0.2, 0.25) is 0 Å². The van der Waals surface area contributed by atoms with Crippen LogP contribution in [0.3, 0.4) is 0 Å². The van der Waals surface area contributed by atoms with Crippen molar-refractivity contribution in [2.24, 2.45) is 0 Å². The van der Waals surface area contributed by atoms with Gasteiger partial charge in [0.15, 0.2) is 0 Å². The third-order valence-electron chi connectivity index (χ3n) is 4.84. The SMILES string of the molecule is O=C(NCCOc1ccccc1)c1cnc(N2CCOCC2)nc1-c1ccccc1F. The van der Waals surface area contributed by atoms with E-state index < -0.39 is 5.82 Å². The highest BCUT2D eigenvalue weighted by atomic mass is 19.1. The Morgan fingerprint density at radius 2 is 1.84 bits per heavy atom. The van der Waals surface area contributed by atoms with Gasteiger partial charge in [-0.05, 0) is 24.3 Å². The minimum Gasteiger partial charge on any atom is -0.492 e. The van der Waals surface area contributed by atoms with E-state index in [1.54, 1.807) is 18.2 Å². The number of rotatable bonds is 7. The molecular weight excluding hydrogens is 399 g/mol. The highest BCUT2D eigenvalue weighted by Crippen LogP contribution is 2.26. The number of nitrogens with zero attached hydrogens (tertiary/aromatic N) is 3. The number of hydrogen-bond donors (Lipinski definition) is 1. The molecule has 1 amide bonds. The fraction of sp³-hybridized carbons (Fsp3) is 0.261. The van der Waals surface area contributed by atoms with E-state index in [-0.39, 0.29) is 29.3 Å². The summed E-state index contributed by atoms with van der Waals surface area (Å²) in [6.45, 7) is 3.01. The molecule has 3 aromatic rings. The molecule has 8 heteroatoms. The Balaban J connectivity index is 1.52. The van der Waals surface area contributed by atoms with Gasteiger partial charge in [-0.15, -0.1) is 0 Å². The van der Waals surface area contributed by atoms with E-state index in [1.807, 2.05) is 35.2 Å². The third-order valence-corrected chi connectivity index (χ3v) is 4.84. The molecule has 0 saturated carbocycles. The molecule has 7 nitrogen and oxygen atoms in total. The van der Waals surface area contributed by atoms with Gasteiger partial charge >= 0.3 is 0 Å². The molecule has 0 bridgehead atoms. The molecule has 0 unspecified atom stereocenters. The quantitative estimate of drug-likeness (QED) is 0.590. The lowest BCUT2D eigenvalue weighted by Gasteiger charge is -2.27. The highest BCUT2D eigenvalue weighted by Gasteiger charge is 2.21. The first-order chi connectivity index (χ1) is 15.2. The van der Waals surface area contributed by atoms with Gasteiger partial charge in [0.1, 0.15) is 18.2 Å². The molecule has 0 spiro atoms. The van der Waals surface area contributed by atoms with Crippen LogP contribution >= 0.6 is 0 Å². The number of carbonyl (C=O) groups excluding carboxylic acids is 1. The standard InChI is InChI=1S/C23H23FN4O3/c24-20-9-5-4-8-18(20)21-19(16-26-23(27-21)28-11-14-30-15-12-28)22(29)25-10-13-31-17-6-2-1-3-7-17/h1-9,16H,10-15H2,(H,25,29). The summed E-state index contributed by atoms with van der Waals surface area (Å²) in [7, 11) is 0. The molecule has 2 heterocycles. The molecular formula is C23H23FN4O3. The average Bonchev–Trinajstić information content (AvgIpc) is 2.83. The second-order valence-electron chi connectivity index (χ2n) is 6.93. The maximum absolute atomic E-state index is 14.5. The highest BCUT2D eigenvalue weighted by molar-refractivity contribution is 5.99. The number of hydrogen-bond acceptors (Lipinski definition) is 6. The number of carbonyl (C=O) groups is 1. The first kappa shape index (κ1) is 20.7. The molecule has 1 N–H and O–H groups in total. The number of anilines is 1. The van der Waals surface area contributed by atoms with Gasteiger partial charge in [-0.1, -0.05) is 30.3 Å². The van der Waals surface area contributed by atoms with Crippen LogP contribution in [0.4, 0.5) is 10.3 Å². The first-order valence-electron chi connectivity index (χ1n) is 10.1. The van der Waals surface area contributed by atoms with Crippen molar-refractivity contribution in [3.8, 4) is 17.0 Å². The Morgan fingerprint density at radius 3 is 2.61 bits per heavy atom. The van der Waals surface area contributed by atoms with Gasteiger partial charge in [-0.25, -0.2) is 14.4 Å². The van der Waals surface area contributed by atoms with Crippen LogP contribution in [-0.2, 0) is 4.74 Å². The lowest BCUT2D eigenvalue weighted by Crippen LogP contribution is -2.37. The Hall–Kier alpha value is -3.52. The van der Waals surface area contributed by atoms with E-state index >= 15 is 0 Å². The Bertz CT molecular complexity index is 1030. The van der Waals surface area contributed by atoms with Crippen LogP contribution in [0.1, 0.15) is 10.4 Å². The predicted molar refractivity (Wildman–Crippen MR) is 115 cm³/mol. The van der Waals surface area contributed by atoms with Crippen LogP contribution < -0.4 is 15.0 Å². The average molecular weight is 422 g/mol.